The van der Waals surface area contributed by atoms with Crippen molar-refractivity contribution in [2.24, 2.45) is 0 Å². The minimum absolute atomic E-state index is 0.446. The number of nitrogens with one attached hydrogen (secondary N) is 2. The predicted octanol–water partition coefficient (Wildman–Crippen LogP) is 3.36. The molecule has 4 nitrogen and oxygen atoms in total. The van der Waals surface area contributed by atoms with E-state index in [1.165, 1.54) is 11.8 Å². The van der Waals surface area contributed by atoms with Crippen molar-refractivity contribution in [2.75, 3.05) is 5.32 Å². The van der Waals surface area contributed by atoms with Crippen LogP contribution in [0.5, 0.6) is 5.75 Å². The molecule has 2 aromatic carbocycles. The molecule has 0 amide bonds. The summed E-state index contributed by atoms with van der Waals surface area (Å²) >= 11 is 0. The Kier molecular flexibility index (Phi) is 4.63. The molecule has 0 heterocycles. The van der Waals surface area contributed by atoms with E-state index in [2.05, 4.69) is 10.6 Å². The number of nitrogens with zero attached hydrogens (tertiary/aromatic N) is 1. The zero-order valence-electron chi connectivity index (χ0n) is 11.1. The lowest BCUT2D eigenvalue weighted by Gasteiger charge is -2.12. The predicted molar refractivity (Wildman–Crippen MR) is 78.7 cm³/mol. The summed E-state index contributed by atoms with van der Waals surface area (Å²) in [7, 11) is 0. The Labute approximate surface area is 118 Å². The van der Waals surface area contributed by atoms with Gasteiger partial charge in [-0.3, -0.25) is 5.32 Å². The number of benzene rings is 2. The van der Waals surface area contributed by atoms with E-state index >= 15 is 0 Å². The Morgan fingerprint density at radius 3 is 2.45 bits per heavy atom. The van der Waals surface area contributed by atoms with Crippen LogP contribution in [0.4, 0.5) is 5.69 Å². The number of rotatable bonds is 5. The molecule has 2 N–H and O–H groups in total. The number of hydrogen-bond donors (Lipinski definition) is 2. The van der Waals surface area contributed by atoms with Crippen LogP contribution in [0.25, 0.3) is 0 Å². The summed E-state index contributed by atoms with van der Waals surface area (Å²) < 4.78 is 5.69. The van der Waals surface area contributed by atoms with E-state index in [0.717, 1.165) is 5.69 Å². The van der Waals surface area contributed by atoms with Crippen molar-refractivity contribution in [3.8, 4) is 11.9 Å². The van der Waals surface area contributed by atoms with Crippen molar-refractivity contribution < 1.29 is 4.74 Å². The van der Waals surface area contributed by atoms with Crippen LogP contribution in [0.1, 0.15) is 5.56 Å². The van der Waals surface area contributed by atoms with Gasteiger partial charge in [-0.05, 0) is 31.2 Å². The van der Waals surface area contributed by atoms with Crippen LogP contribution in [0.3, 0.4) is 0 Å². The summed E-state index contributed by atoms with van der Waals surface area (Å²) in [6, 6.07) is 17.3. The molecule has 0 atom stereocenters. The average molecular weight is 265 g/mol. The molecule has 0 aromatic heterocycles. The van der Waals surface area contributed by atoms with E-state index in [9.17, 15) is 0 Å². The third-order valence-electron chi connectivity index (χ3n) is 2.56. The Morgan fingerprint density at radius 1 is 1.10 bits per heavy atom. The highest BCUT2D eigenvalue weighted by atomic mass is 16.5. The zero-order valence-corrected chi connectivity index (χ0v) is 11.1. The lowest BCUT2D eigenvalue weighted by Crippen LogP contribution is -2.10. The number of hydrogen-bond acceptors (Lipinski definition) is 4. The molecular formula is C16H15N3O. The summed E-state index contributed by atoms with van der Waals surface area (Å²) in [6.07, 6.45) is 3.31. The van der Waals surface area contributed by atoms with E-state index in [4.69, 9.17) is 10.00 Å². The van der Waals surface area contributed by atoms with Gasteiger partial charge in [0.1, 0.15) is 5.75 Å². The van der Waals surface area contributed by atoms with Gasteiger partial charge in [-0.25, -0.2) is 0 Å². The Bertz CT molecular complexity index is 612. The van der Waals surface area contributed by atoms with Crippen LogP contribution < -0.4 is 15.4 Å². The highest BCUT2D eigenvalue weighted by molar-refractivity contribution is 5.48. The Balaban J connectivity index is 2.12. The standard InChI is InChI=1S/C16H15N3O/c1-13-7-9-14(10-8-13)19-16(11-18-12-17)20-15-5-3-2-4-6-15/h2-11,18-19H,1H3. The molecule has 0 saturated carbocycles. The molecule has 0 aliphatic heterocycles. The van der Waals surface area contributed by atoms with E-state index in [0.29, 0.717) is 11.6 Å². The van der Waals surface area contributed by atoms with E-state index in [1.807, 2.05) is 67.7 Å². The van der Waals surface area contributed by atoms with Crippen LogP contribution in [0.2, 0.25) is 0 Å². The van der Waals surface area contributed by atoms with Crippen molar-refractivity contribution in [3.63, 3.8) is 0 Å². The fourth-order valence-corrected chi connectivity index (χ4v) is 1.58. The lowest BCUT2D eigenvalue weighted by atomic mass is 10.2. The molecule has 0 fully saturated rings. The molecule has 0 spiro atoms. The maximum Gasteiger partial charge on any atom is 0.214 e. The first kappa shape index (κ1) is 13.5. The highest BCUT2D eigenvalue weighted by Gasteiger charge is 2.01. The molecule has 0 radical (unpaired) electrons. The second kappa shape index (κ2) is 6.86. The van der Waals surface area contributed by atoms with Gasteiger partial charge in [-0.1, -0.05) is 35.9 Å². The van der Waals surface area contributed by atoms with E-state index in [-0.39, 0.29) is 0 Å². The molecule has 0 saturated heterocycles. The fourth-order valence-electron chi connectivity index (χ4n) is 1.58. The first-order valence-corrected chi connectivity index (χ1v) is 6.19. The van der Waals surface area contributed by atoms with Crippen molar-refractivity contribution >= 4 is 5.69 Å². The van der Waals surface area contributed by atoms with Crippen LogP contribution in [-0.2, 0) is 0 Å². The molecule has 20 heavy (non-hydrogen) atoms. The molecular weight excluding hydrogens is 250 g/mol. The fraction of sp³-hybridized carbons (Fsp3) is 0.0625. The summed E-state index contributed by atoms with van der Waals surface area (Å²) in [6.45, 7) is 2.03. The number of para-hydroxylation sites is 1. The quantitative estimate of drug-likeness (QED) is 0.494. The van der Waals surface area contributed by atoms with Crippen molar-refractivity contribution in [1.29, 1.82) is 5.26 Å². The number of ether oxygens (including phenoxy) is 1. The normalized spacial score (nSPS) is 10.5. The Morgan fingerprint density at radius 2 is 1.80 bits per heavy atom. The van der Waals surface area contributed by atoms with Gasteiger partial charge in [0.2, 0.25) is 5.88 Å². The van der Waals surface area contributed by atoms with Gasteiger partial charge >= 0.3 is 0 Å². The maximum atomic E-state index is 8.59. The summed E-state index contributed by atoms with van der Waals surface area (Å²) in [5.74, 6) is 1.14. The lowest BCUT2D eigenvalue weighted by molar-refractivity contribution is 0.429. The van der Waals surface area contributed by atoms with Crippen molar-refractivity contribution in [2.45, 2.75) is 6.92 Å². The average Bonchev–Trinajstić information content (AvgIpc) is 2.48. The minimum atomic E-state index is 0.446. The molecule has 0 unspecified atom stereocenters. The summed E-state index contributed by atoms with van der Waals surface area (Å²) in [5, 5.41) is 14.2. The Hall–Kier alpha value is -2.93. The minimum Gasteiger partial charge on any atom is -0.439 e. The largest absolute Gasteiger partial charge is 0.439 e. The third kappa shape index (κ3) is 4.07. The zero-order chi connectivity index (χ0) is 14.2. The van der Waals surface area contributed by atoms with Gasteiger partial charge in [0.05, 0.1) is 6.20 Å². The van der Waals surface area contributed by atoms with Crippen LogP contribution >= 0.6 is 0 Å². The van der Waals surface area contributed by atoms with Gasteiger partial charge in [0.15, 0.2) is 6.19 Å². The molecule has 0 aliphatic carbocycles. The monoisotopic (exact) mass is 265 g/mol. The van der Waals surface area contributed by atoms with Gasteiger partial charge in [-0.2, -0.15) is 5.26 Å². The van der Waals surface area contributed by atoms with Crippen LogP contribution in [0.15, 0.2) is 66.7 Å². The number of aryl methyl sites for hydroxylation is 1. The topological polar surface area (TPSA) is 57.1 Å². The first-order valence-electron chi connectivity index (χ1n) is 6.19. The summed E-state index contributed by atoms with van der Waals surface area (Å²) in [5.41, 5.74) is 2.07. The molecule has 0 bridgehead atoms. The molecule has 2 rings (SSSR count). The van der Waals surface area contributed by atoms with Crippen molar-refractivity contribution in [1.82, 2.24) is 5.32 Å². The van der Waals surface area contributed by atoms with Gasteiger partial charge in [-0.15, -0.1) is 0 Å². The van der Waals surface area contributed by atoms with Gasteiger partial charge in [0, 0.05) is 5.69 Å². The van der Waals surface area contributed by atoms with Crippen LogP contribution in [-0.4, -0.2) is 0 Å². The maximum absolute atomic E-state index is 8.59. The molecule has 4 heteroatoms. The molecule has 0 aliphatic rings. The van der Waals surface area contributed by atoms with E-state index < -0.39 is 0 Å². The highest BCUT2D eigenvalue weighted by Crippen LogP contribution is 2.16. The second-order valence-corrected chi connectivity index (χ2v) is 4.17. The number of nitriles is 1. The van der Waals surface area contributed by atoms with Gasteiger partial charge < -0.3 is 10.1 Å². The third-order valence-corrected chi connectivity index (χ3v) is 2.56. The van der Waals surface area contributed by atoms with E-state index in [1.54, 1.807) is 0 Å². The SMILES string of the molecule is Cc1ccc(NC(=CNC#N)Oc2ccccc2)cc1. The van der Waals surface area contributed by atoms with Gasteiger partial charge in [0.25, 0.3) is 0 Å². The number of anilines is 1. The molecule has 100 valence electrons. The molecule has 2 aromatic rings. The summed E-state index contributed by atoms with van der Waals surface area (Å²) in [4.78, 5) is 0. The smallest absolute Gasteiger partial charge is 0.214 e. The van der Waals surface area contributed by atoms with Crippen LogP contribution in [0, 0.1) is 18.4 Å². The van der Waals surface area contributed by atoms with Crippen molar-refractivity contribution in [3.05, 3.63) is 72.2 Å². The second-order valence-electron chi connectivity index (χ2n) is 4.17. The first-order chi connectivity index (χ1) is 9.78.